The Bertz CT molecular complexity index is 541. The molecule has 1 aromatic carbocycles. The number of phenols is 1. The van der Waals surface area contributed by atoms with Crippen molar-refractivity contribution in [2.45, 2.75) is 38.1 Å². The van der Waals surface area contributed by atoms with Gasteiger partial charge in [-0.15, -0.1) is 0 Å². The highest BCUT2D eigenvalue weighted by atomic mass is 16.5. The summed E-state index contributed by atoms with van der Waals surface area (Å²) in [7, 11) is 2.36. The first-order chi connectivity index (χ1) is 10.6. The number of carbonyl (C=O) groups is 1. The molecule has 1 N–H and O–H groups in total. The summed E-state index contributed by atoms with van der Waals surface area (Å²) in [4.78, 5) is 12.2. The summed E-state index contributed by atoms with van der Waals surface area (Å²) >= 11 is 0. The second-order valence-corrected chi connectivity index (χ2v) is 7.01. The summed E-state index contributed by atoms with van der Waals surface area (Å²) < 4.78 is 6.69. The molecule has 0 radical (unpaired) electrons. The lowest BCUT2D eigenvalue weighted by molar-refractivity contribution is -0.947. The number of hydrogen-bond donors (Lipinski definition) is 1. The van der Waals surface area contributed by atoms with Crippen molar-refractivity contribution in [3.63, 3.8) is 0 Å². The number of aromatic hydroxyl groups is 1. The SMILES string of the molecule is C[N+]12CCCCC1C(COC(=O)c1ccccc1O)CCC2. The summed E-state index contributed by atoms with van der Waals surface area (Å²) in [6.45, 7) is 2.99. The van der Waals surface area contributed by atoms with Gasteiger partial charge < -0.3 is 14.3 Å². The van der Waals surface area contributed by atoms with Crippen molar-refractivity contribution in [2.75, 3.05) is 26.7 Å². The second kappa shape index (κ2) is 6.29. The van der Waals surface area contributed by atoms with E-state index in [1.807, 2.05) is 0 Å². The van der Waals surface area contributed by atoms with Crippen LogP contribution in [-0.4, -0.2) is 48.3 Å². The largest absolute Gasteiger partial charge is 0.507 e. The third kappa shape index (κ3) is 2.98. The Labute approximate surface area is 132 Å². The predicted octanol–water partition coefficient (Wildman–Crippen LogP) is 2.96. The maximum Gasteiger partial charge on any atom is 0.341 e. The molecule has 2 fully saturated rings. The first-order valence-corrected chi connectivity index (χ1v) is 8.39. The molecule has 0 saturated carbocycles. The number of piperidine rings is 2. The minimum Gasteiger partial charge on any atom is -0.507 e. The molecule has 2 aliphatic heterocycles. The summed E-state index contributed by atoms with van der Waals surface area (Å²) in [6, 6.07) is 7.20. The van der Waals surface area contributed by atoms with Crippen molar-refractivity contribution in [3.05, 3.63) is 29.8 Å². The minimum atomic E-state index is -0.409. The van der Waals surface area contributed by atoms with Crippen LogP contribution in [0.1, 0.15) is 42.5 Å². The normalized spacial score (nSPS) is 31.3. The van der Waals surface area contributed by atoms with Crippen molar-refractivity contribution < 1.29 is 19.1 Å². The number of fused-ring (bicyclic) bond motifs is 1. The average Bonchev–Trinajstić information content (AvgIpc) is 2.52. The lowest BCUT2D eigenvalue weighted by Gasteiger charge is -2.51. The number of para-hydroxylation sites is 1. The van der Waals surface area contributed by atoms with Crippen LogP contribution in [0.2, 0.25) is 0 Å². The van der Waals surface area contributed by atoms with Crippen molar-refractivity contribution in [3.8, 4) is 5.75 Å². The van der Waals surface area contributed by atoms with Crippen LogP contribution in [0.3, 0.4) is 0 Å². The van der Waals surface area contributed by atoms with Crippen LogP contribution in [0.4, 0.5) is 0 Å². The van der Waals surface area contributed by atoms with Gasteiger partial charge in [-0.05, 0) is 37.8 Å². The van der Waals surface area contributed by atoms with E-state index in [1.165, 1.54) is 44.8 Å². The Morgan fingerprint density at radius 3 is 2.82 bits per heavy atom. The summed E-state index contributed by atoms with van der Waals surface area (Å²) in [5, 5.41) is 9.74. The summed E-state index contributed by atoms with van der Waals surface area (Å²) in [5.41, 5.74) is 0.263. The van der Waals surface area contributed by atoms with Crippen molar-refractivity contribution in [1.29, 1.82) is 0 Å². The molecule has 2 saturated heterocycles. The molecule has 0 aliphatic carbocycles. The second-order valence-electron chi connectivity index (χ2n) is 7.01. The number of benzene rings is 1. The highest BCUT2D eigenvalue weighted by molar-refractivity contribution is 5.92. The number of ether oxygens (including phenoxy) is 1. The highest BCUT2D eigenvalue weighted by Crippen LogP contribution is 2.36. The number of rotatable bonds is 3. The number of phenolic OH excluding ortho intramolecular Hbond substituents is 1. The molecular formula is C18H26NO3+. The molecule has 22 heavy (non-hydrogen) atoms. The number of esters is 1. The molecule has 0 spiro atoms. The molecule has 3 rings (SSSR count). The van der Waals surface area contributed by atoms with Crippen LogP contribution < -0.4 is 0 Å². The van der Waals surface area contributed by atoms with E-state index in [2.05, 4.69) is 7.05 Å². The van der Waals surface area contributed by atoms with Crippen molar-refractivity contribution in [2.24, 2.45) is 5.92 Å². The molecule has 0 amide bonds. The van der Waals surface area contributed by atoms with Gasteiger partial charge in [-0.25, -0.2) is 4.79 Å². The molecule has 0 aromatic heterocycles. The zero-order chi connectivity index (χ0) is 15.6. The Balaban J connectivity index is 1.63. The third-order valence-corrected chi connectivity index (χ3v) is 5.56. The molecule has 4 nitrogen and oxygen atoms in total. The smallest absolute Gasteiger partial charge is 0.341 e. The van der Waals surface area contributed by atoms with Gasteiger partial charge in [0, 0.05) is 12.3 Å². The number of carbonyl (C=O) groups excluding carboxylic acids is 1. The molecule has 120 valence electrons. The van der Waals surface area contributed by atoms with Crippen LogP contribution in [0, 0.1) is 5.92 Å². The van der Waals surface area contributed by atoms with Gasteiger partial charge in [0.15, 0.2) is 0 Å². The fraction of sp³-hybridized carbons (Fsp3) is 0.611. The number of nitrogens with zero attached hydrogens (tertiary/aromatic N) is 1. The molecular weight excluding hydrogens is 278 g/mol. The van der Waals surface area contributed by atoms with E-state index in [4.69, 9.17) is 4.74 Å². The zero-order valence-corrected chi connectivity index (χ0v) is 13.3. The average molecular weight is 304 g/mol. The van der Waals surface area contributed by atoms with Gasteiger partial charge in [0.2, 0.25) is 0 Å². The van der Waals surface area contributed by atoms with Gasteiger partial charge in [-0.2, -0.15) is 0 Å². The Hall–Kier alpha value is -1.55. The van der Waals surface area contributed by atoms with E-state index in [0.29, 0.717) is 18.6 Å². The van der Waals surface area contributed by atoms with Crippen molar-refractivity contribution >= 4 is 5.97 Å². The van der Waals surface area contributed by atoms with Gasteiger partial charge in [0.1, 0.15) is 17.9 Å². The number of hydrogen-bond acceptors (Lipinski definition) is 3. The van der Waals surface area contributed by atoms with Crippen LogP contribution in [-0.2, 0) is 4.74 Å². The van der Waals surface area contributed by atoms with E-state index >= 15 is 0 Å². The fourth-order valence-electron chi connectivity index (χ4n) is 4.33. The standard InChI is InChI=1S/C18H25NO3/c1-19-11-5-4-9-16(19)14(7-6-12-19)13-22-18(21)15-8-2-3-10-17(15)20/h2-3,8,10,14,16H,4-7,9,11-13H2,1H3/p+1. The van der Waals surface area contributed by atoms with Crippen LogP contribution in [0.25, 0.3) is 0 Å². The fourth-order valence-corrected chi connectivity index (χ4v) is 4.33. The lowest BCUT2D eigenvalue weighted by atomic mass is 9.82. The third-order valence-electron chi connectivity index (χ3n) is 5.56. The van der Waals surface area contributed by atoms with E-state index in [9.17, 15) is 9.90 Å². The molecule has 3 atom stereocenters. The monoisotopic (exact) mass is 304 g/mol. The highest BCUT2D eigenvalue weighted by Gasteiger charge is 2.43. The molecule has 1 aromatic rings. The Morgan fingerprint density at radius 2 is 2.00 bits per heavy atom. The van der Waals surface area contributed by atoms with Crippen molar-refractivity contribution in [1.82, 2.24) is 0 Å². The molecule has 3 unspecified atom stereocenters. The van der Waals surface area contributed by atoms with Crippen LogP contribution >= 0.6 is 0 Å². The first kappa shape index (κ1) is 15.3. The van der Waals surface area contributed by atoms with Gasteiger partial charge in [-0.3, -0.25) is 0 Å². The quantitative estimate of drug-likeness (QED) is 0.690. The van der Waals surface area contributed by atoms with Gasteiger partial charge in [0.25, 0.3) is 0 Å². The predicted molar refractivity (Wildman–Crippen MR) is 84.7 cm³/mol. The zero-order valence-electron chi connectivity index (χ0n) is 13.3. The Kier molecular flexibility index (Phi) is 4.39. The molecule has 2 heterocycles. The maximum absolute atomic E-state index is 12.2. The number of quaternary nitrogens is 1. The maximum atomic E-state index is 12.2. The van der Waals surface area contributed by atoms with Gasteiger partial charge in [0.05, 0.1) is 26.2 Å². The minimum absolute atomic E-state index is 0.00516. The molecule has 0 bridgehead atoms. The van der Waals surface area contributed by atoms with Crippen LogP contribution in [0.5, 0.6) is 5.75 Å². The van der Waals surface area contributed by atoms with Gasteiger partial charge in [-0.1, -0.05) is 12.1 Å². The Morgan fingerprint density at radius 1 is 1.23 bits per heavy atom. The molecule has 4 heteroatoms. The first-order valence-electron chi connectivity index (χ1n) is 8.39. The lowest BCUT2D eigenvalue weighted by Crippen LogP contribution is -2.61. The van der Waals surface area contributed by atoms with E-state index in [-0.39, 0.29) is 11.3 Å². The topological polar surface area (TPSA) is 46.5 Å². The van der Waals surface area contributed by atoms with E-state index in [0.717, 1.165) is 10.9 Å². The van der Waals surface area contributed by atoms with E-state index < -0.39 is 5.97 Å². The summed E-state index contributed by atoms with van der Waals surface area (Å²) in [5.74, 6) is 0.0389. The summed E-state index contributed by atoms with van der Waals surface area (Å²) in [6.07, 6.45) is 6.22. The van der Waals surface area contributed by atoms with E-state index in [1.54, 1.807) is 18.2 Å². The van der Waals surface area contributed by atoms with Gasteiger partial charge >= 0.3 is 5.97 Å². The molecule has 2 aliphatic rings. The van der Waals surface area contributed by atoms with Crippen LogP contribution in [0.15, 0.2) is 24.3 Å².